The Labute approximate surface area is 179 Å². The summed E-state index contributed by atoms with van der Waals surface area (Å²) in [5, 5.41) is 6.57. The maximum atomic E-state index is 13.7. The highest BCUT2D eigenvalue weighted by atomic mass is 127. The molecule has 1 atom stereocenters. The molecule has 2 N–H and O–H groups in total. The average molecular weight is 493 g/mol. The molecule has 1 fully saturated rings. The lowest BCUT2D eigenvalue weighted by molar-refractivity contribution is 0.0778. The minimum atomic E-state index is -0.343. The number of nitrogens with zero attached hydrogens (tertiary/aromatic N) is 1. The van der Waals surface area contributed by atoms with Crippen LogP contribution in [0, 0.1) is 11.2 Å². The van der Waals surface area contributed by atoms with E-state index in [0.29, 0.717) is 6.54 Å². The third-order valence-electron chi connectivity index (χ3n) is 4.89. The van der Waals surface area contributed by atoms with Crippen LogP contribution in [0.3, 0.4) is 0 Å². The molecule has 5 nitrogen and oxygen atoms in total. The van der Waals surface area contributed by atoms with Crippen LogP contribution >= 0.6 is 24.0 Å². The van der Waals surface area contributed by atoms with Gasteiger partial charge in [-0.2, -0.15) is 0 Å². The van der Waals surface area contributed by atoms with Gasteiger partial charge in [-0.05, 0) is 50.7 Å². The first kappa shape index (κ1) is 23.9. The lowest BCUT2D eigenvalue weighted by Gasteiger charge is -2.40. The SMILES string of the molecule is CCNC(=NCC1(CCOC)CCC1)NCC(C)Oc1ccccc1F.I. The molecule has 1 saturated carbocycles. The van der Waals surface area contributed by atoms with Crippen LogP contribution < -0.4 is 15.4 Å². The van der Waals surface area contributed by atoms with Gasteiger partial charge in [-0.15, -0.1) is 24.0 Å². The molecule has 0 spiro atoms. The normalized spacial score (nSPS) is 16.7. The van der Waals surface area contributed by atoms with Crippen LogP contribution in [0.15, 0.2) is 29.3 Å². The Morgan fingerprint density at radius 1 is 1.30 bits per heavy atom. The Morgan fingerprint density at radius 2 is 2.04 bits per heavy atom. The fourth-order valence-corrected chi connectivity index (χ4v) is 3.11. The Morgan fingerprint density at radius 3 is 2.63 bits per heavy atom. The number of rotatable bonds is 10. The quantitative estimate of drug-likeness (QED) is 0.294. The smallest absolute Gasteiger partial charge is 0.191 e. The van der Waals surface area contributed by atoms with E-state index in [4.69, 9.17) is 14.5 Å². The molecule has 1 aromatic carbocycles. The number of methoxy groups -OCH3 is 1. The summed E-state index contributed by atoms with van der Waals surface area (Å²) in [6.07, 6.45) is 4.58. The van der Waals surface area contributed by atoms with Crippen LogP contribution in [-0.4, -0.2) is 45.4 Å². The molecule has 0 amide bonds. The largest absolute Gasteiger partial charge is 0.486 e. The Bertz CT molecular complexity index is 582. The molecule has 154 valence electrons. The summed E-state index contributed by atoms with van der Waals surface area (Å²) in [6, 6.07) is 6.46. The summed E-state index contributed by atoms with van der Waals surface area (Å²) >= 11 is 0. The van der Waals surface area contributed by atoms with Gasteiger partial charge in [0, 0.05) is 26.8 Å². The Hall–Kier alpha value is -1.09. The zero-order valence-corrected chi connectivity index (χ0v) is 18.9. The predicted octanol–water partition coefficient (Wildman–Crippen LogP) is 3.97. The number of hydrogen-bond donors (Lipinski definition) is 2. The molecule has 27 heavy (non-hydrogen) atoms. The second-order valence-corrected chi connectivity index (χ2v) is 7.03. The highest BCUT2D eigenvalue weighted by molar-refractivity contribution is 14.0. The first-order valence-corrected chi connectivity index (χ1v) is 9.51. The third kappa shape index (κ3) is 7.81. The number of hydrogen-bond acceptors (Lipinski definition) is 3. The molecule has 0 aromatic heterocycles. The molecule has 1 unspecified atom stereocenters. The van der Waals surface area contributed by atoms with Crippen molar-refractivity contribution >= 4 is 29.9 Å². The fraction of sp³-hybridized carbons (Fsp3) is 0.650. The maximum Gasteiger partial charge on any atom is 0.191 e. The Kier molecular flexibility index (Phi) is 11.0. The molecule has 1 aliphatic carbocycles. The zero-order chi connectivity index (χ0) is 18.8. The average Bonchev–Trinajstić information content (AvgIpc) is 2.60. The second kappa shape index (κ2) is 12.4. The number of halogens is 2. The molecule has 1 aliphatic rings. The van der Waals surface area contributed by atoms with E-state index in [0.717, 1.165) is 32.1 Å². The lowest BCUT2D eigenvalue weighted by atomic mass is 9.67. The van der Waals surface area contributed by atoms with Crippen LogP contribution in [0.4, 0.5) is 4.39 Å². The van der Waals surface area contributed by atoms with Gasteiger partial charge in [0.1, 0.15) is 6.10 Å². The van der Waals surface area contributed by atoms with Crippen molar-refractivity contribution in [2.45, 2.75) is 45.6 Å². The van der Waals surface area contributed by atoms with E-state index < -0.39 is 0 Å². The summed E-state index contributed by atoms with van der Waals surface area (Å²) in [6.45, 7) is 6.88. The third-order valence-corrected chi connectivity index (χ3v) is 4.89. The Balaban J connectivity index is 0.00000364. The van der Waals surface area contributed by atoms with Gasteiger partial charge in [-0.25, -0.2) is 4.39 Å². The van der Waals surface area contributed by atoms with Gasteiger partial charge in [-0.1, -0.05) is 18.6 Å². The van der Waals surface area contributed by atoms with E-state index in [9.17, 15) is 4.39 Å². The van der Waals surface area contributed by atoms with Crippen LogP contribution in [0.5, 0.6) is 5.75 Å². The summed E-state index contributed by atoms with van der Waals surface area (Å²) in [5.74, 6) is 0.710. The minimum Gasteiger partial charge on any atom is -0.486 e. The molecule has 0 heterocycles. The number of aliphatic imine (C=N–C) groups is 1. The van der Waals surface area contributed by atoms with E-state index in [-0.39, 0.29) is 47.1 Å². The number of nitrogens with one attached hydrogen (secondary N) is 2. The van der Waals surface area contributed by atoms with Gasteiger partial charge in [0.25, 0.3) is 0 Å². The first-order valence-electron chi connectivity index (χ1n) is 9.51. The molecule has 0 bridgehead atoms. The van der Waals surface area contributed by atoms with Gasteiger partial charge in [0.2, 0.25) is 0 Å². The number of ether oxygens (including phenoxy) is 2. The number of benzene rings is 1. The fourth-order valence-electron chi connectivity index (χ4n) is 3.11. The van der Waals surface area contributed by atoms with Gasteiger partial charge in [0.05, 0.1) is 6.54 Å². The number of para-hydroxylation sites is 1. The predicted molar refractivity (Wildman–Crippen MR) is 119 cm³/mol. The van der Waals surface area contributed by atoms with E-state index >= 15 is 0 Å². The summed E-state index contributed by atoms with van der Waals surface area (Å²) < 4.78 is 24.6. The van der Waals surface area contributed by atoms with Crippen molar-refractivity contribution in [2.75, 3.05) is 33.4 Å². The van der Waals surface area contributed by atoms with E-state index in [2.05, 4.69) is 10.6 Å². The van der Waals surface area contributed by atoms with Crippen LogP contribution in [0.1, 0.15) is 39.5 Å². The highest BCUT2D eigenvalue weighted by Crippen LogP contribution is 2.44. The monoisotopic (exact) mass is 493 g/mol. The molecule has 0 aliphatic heterocycles. The zero-order valence-electron chi connectivity index (χ0n) is 16.6. The highest BCUT2D eigenvalue weighted by Gasteiger charge is 2.36. The van der Waals surface area contributed by atoms with Gasteiger partial charge < -0.3 is 20.1 Å². The topological polar surface area (TPSA) is 54.9 Å². The first-order chi connectivity index (χ1) is 12.6. The van der Waals surface area contributed by atoms with Crippen molar-refractivity contribution < 1.29 is 13.9 Å². The van der Waals surface area contributed by atoms with Gasteiger partial charge in [0.15, 0.2) is 17.5 Å². The number of guanidine groups is 1. The maximum absolute atomic E-state index is 13.7. The molecule has 0 saturated heterocycles. The van der Waals surface area contributed by atoms with Gasteiger partial charge in [-0.3, -0.25) is 4.99 Å². The van der Waals surface area contributed by atoms with Gasteiger partial charge >= 0.3 is 0 Å². The molecule has 2 rings (SSSR count). The lowest BCUT2D eigenvalue weighted by Crippen LogP contribution is -2.43. The minimum absolute atomic E-state index is 0. The van der Waals surface area contributed by atoms with Crippen molar-refractivity contribution in [2.24, 2.45) is 10.4 Å². The van der Waals surface area contributed by atoms with Crippen molar-refractivity contribution in [3.05, 3.63) is 30.1 Å². The molecular weight excluding hydrogens is 460 g/mol. The molecule has 0 radical (unpaired) electrons. The van der Waals surface area contributed by atoms with Crippen molar-refractivity contribution in [3.63, 3.8) is 0 Å². The van der Waals surface area contributed by atoms with Crippen molar-refractivity contribution in [1.82, 2.24) is 10.6 Å². The van der Waals surface area contributed by atoms with Crippen LogP contribution in [0.2, 0.25) is 0 Å². The summed E-state index contributed by atoms with van der Waals surface area (Å²) in [4.78, 5) is 4.77. The van der Waals surface area contributed by atoms with E-state index in [1.807, 2.05) is 13.8 Å². The molecule has 1 aromatic rings. The second-order valence-electron chi connectivity index (χ2n) is 7.03. The molecule has 7 heteroatoms. The van der Waals surface area contributed by atoms with Crippen LogP contribution in [-0.2, 0) is 4.74 Å². The summed E-state index contributed by atoms with van der Waals surface area (Å²) in [5.41, 5.74) is 0.285. The van der Waals surface area contributed by atoms with E-state index in [1.54, 1.807) is 25.3 Å². The van der Waals surface area contributed by atoms with Crippen molar-refractivity contribution in [1.29, 1.82) is 0 Å². The van der Waals surface area contributed by atoms with E-state index in [1.165, 1.54) is 25.3 Å². The van der Waals surface area contributed by atoms with Crippen LogP contribution in [0.25, 0.3) is 0 Å². The standard InChI is InChI=1S/C20H32FN3O2.HI/c1-4-22-19(24-15-20(10-7-11-20)12-13-25-3)23-14-16(2)26-18-9-6-5-8-17(18)21;/h5-6,8-9,16H,4,7,10-15H2,1-3H3,(H2,22,23,24);1H. The molecular formula is C20H33FIN3O2. The van der Waals surface area contributed by atoms with Crippen molar-refractivity contribution in [3.8, 4) is 5.75 Å². The summed E-state index contributed by atoms with van der Waals surface area (Å²) in [7, 11) is 1.75.